The Morgan fingerprint density at radius 3 is 2.54 bits per heavy atom. The molecule has 2 aliphatic carbocycles. The summed E-state index contributed by atoms with van der Waals surface area (Å²) in [7, 11) is 0. The van der Waals surface area contributed by atoms with Gasteiger partial charge in [-0.05, 0) is 74.5 Å². The molecule has 2 aliphatic heterocycles. The molecule has 37 heavy (non-hydrogen) atoms. The van der Waals surface area contributed by atoms with Gasteiger partial charge >= 0.3 is 0 Å². The van der Waals surface area contributed by atoms with E-state index in [9.17, 15) is 9.90 Å². The van der Waals surface area contributed by atoms with Gasteiger partial charge < -0.3 is 20.9 Å². The van der Waals surface area contributed by atoms with Crippen molar-refractivity contribution in [3.63, 3.8) is 0 Å². The molecule has 4 aliphatic rings. The maximum Gasteiger partial charge on any atom is 0.255 e. The molecular weight excluding hydrogens is 464 g/mol. The van der Waals surface area contributed by atoms with Crippen molar-refractivity contribution in [1.82, 2.24) is 15.2 Å². The van der Waals surface area contributed by atoms with E-state index < -0.39 is 5.60 Å². The second kappa shape index (κ2) is 9.37. The Kier molecular flexibility index (Phi) is 6.29. The number of carbonyl (C=O) groups excluding carboxylic acids is 1. The van der Waals surface area contributed by atoms with Crippen LogP contribution in [0, 0.1) is 11.8 Å². The van der Waals surface area contributed by atoms with Gasteiger partial charge in [-0.15, -0.1) is 0 Å². The number of likely N-dealkylation sites (tertiary alicyclic amines) is 1. The van der Waals surface area contributed by atoms with E-state index in [-0.39, 0.29) is 23.2 Å². The van der Waals surface area contributed by atoms with Crippen LogP contribution in [0.15, 0.2) is 36.5 Å². The van der Waals surface area contributed by atoms with Crippen LogP contribution in [0.5, 0.6) is 0 Å². The number of benzene rings is 1. The number of fused-ring (bicyclic) bond motifs is 1. The predicted octanol–water partition coefficient (Wildman–Crippen LogP) is 3.75. The first-order valence-electron chi connectivity index (χ1n) is 14.0. The number of aromatic nitrogens is 1. The second-order valence-corrected chi connectivity index (χ2v) is 12.2. The van der Waals surface area contributed by atoms with Gasteiger partial charge in [0.1, 0.15) is 5.82 Å². The number of amides is 1. The molecule has 0 spiro atoms. The van der Waals surface area contributed by atoms with Crippen LogP contribution in [0.3, 0.4) is 0 Å². The molecule has 1 aromatic heterocycles. The lowest BCUT2D eigenvalue weighted by atomic mass is 9.83. The number of carbonyl (C=O) groups is 1. The molecule has 0 bridgehead atoms. The van der Waals surface area contributed by atoms with Crippen LogP contribution in [-0.2, 0) is 10.2 Å². The first-order valence-corrected chi connectivity index (χ1v) is 14.0. The molecule has 3 atom stereocenters. The van der Waals surface area contributed by atoms with E-state index in [2.05, 4.69) is 46.4 Å². The molecule has 0 unspecified atom stereocenters. The fourth-order valence-electron chi connectivity index (χ4n) is 7.29. The number of hydrogen-bond acceptors (Lipinski definition) is 6. The van der Waals surface area contributed by atoms with Gasteiger partial charge in [-0.25, -0.2) is 4.98 Å². The highest BCUT2D eigenvalue weighted by Crippen LogP contribution is 2.64. The largest absolute Gasteiger partial charge is 0.390 e. The average molecular weight is 505 g/mol. The van der Waals surface area contributed by atoms with Crippen LogP contribution in [0.25, 0.3) is 11.1 Å². The maximum atomic E-state index is 13.0. The number of piperidine rings is 1. The van der Waals surface area contributed by atoms with Crippen molar-refractivity contribution in [3.05, 3.63) is 47.7 Å². The lowest BCUT2D eigenvalue weighted by Crippen LogP contribution is -2.42. The number of aliphatic hydroxyl groups is 1. The molecule has 6 rings (SSSR count). The highest BCUT2D eigenvalue weighted by molar-refractivity contribution is 5.99. The lowest BCUT2D eigenvalue weighted by Gasteiger charge is -2.34. The molecule has 3 heterocycles. The van der Waals surface area contributed by atoms with Gasteiger partial charge in [0.25, 0.3) is 5.91 Å². The third-order valence-corrected chi connectivity index (χ3v) is 9.89. The number of rotatable bonds is 5. The van der Waals surface area contributed by atoms with Gasteiger partial charge in [0.05, 0.1) is 11.2 Å². The topological polar surface area (TPSA) is 101 Å². The van der Waals surface area contributed by atoms with Crippen molar-refractivity contribution >= 4 is 11.7 Å². The molecule has 7 nitrogen and oxygen atoms in total. The minimum atomic E-state index is -0.632. The SMILES string of the molecule is C[C@H]1[C@H]2CN(C3CCOCC3)C[C@]21c1ccc(-c2cnc(N)c(C(=O)NC3CCC(C)(O)CC3)c2)cc1. The summed E-state index contributed by atoms with van der Waals surface area (Å²) in [6, 6.07) is 11.5. The monoisotopic (exact) mass is 504 g/mol. The molecule has 198 valence electrons. The van der Waals surface area contributed by atoms with E-state index in [0.29, 0.717) is 30.4 Å². The van der Waals surface area contributed by atoms with Gasteiger partial charge in [-0.3, -0.25) is 9.69 Å². The quantitative estimate of drug-likeness (QED) is 0.573. The summed E-state index contributed by atoms with van der Waals surface area (Å²) < 4.78 is 5.59. The van der Waals surface area contributed by atoms with Crippen LogP contribution in [0.4, 0.5) is 5.82 Å². The third-order valence-electron chi connectivity index (χ3n) is 9.89. The lowest BCUT2D eigenvalue weighted by molar-refractivity contribution is 0.0140. The minimum absolute atomic E-state index is 0.0508. The first kappa shape index (κ1) is 24.8. The molecule has 2 aromatic rings. The van der Waals surface area contributed by atoms with E-state index in [1.54, 1.807) is 6.20 Å². The van der Waals surface area contributed by atoms with Crippen LogP contribution in [0.1, 0.15) is 68.3 Å². The zero-order chi connectivity index (χ0) is 25.8. The third kappa shape index (κ3) is 4.55. The molecule has 2 saturated carbocycles. The Hall–Kier alpha value is -2.48. The van der Waals surface area contributed by atoms with Crippen molar-refractivity contribution in [1.29, 1.82) is 0 Å². The van der Waals surface area contributed by atoms with Gasteiger partial charge in [0, 0.05) is 55.6 Å². The standard InChI is InChI=1S/C30H40N4O3/c1-19-26-17-34(24-9-13-37-14-10-24)18-30(19,26)22-5-3-20(4-6-22)21-15-25(27(31)32-16-21)28(35)33-23-7-11-29(2,36)12-8-23/h3-6,15-16,19,23-24,26,36H,7-14,17-18H2,1-2H3,(H2,31,32)(H,33,35)/t19-,23?,26+,29?,30-/m0/s1. The summed E-state index contributed by atoms with van der Waals surface area (Å²) in [6.07, 6.45) is 6.95. The Morgan fingerprint density at radius 1 is 1.14 bits per heavy atom. The van der Waals surface area contributed by atoms with Crippen LogP contribution in [0.2, 0.25) is 0 Å². The highest BCUT2D eigenvalue weighted by atomic mass is 16.5. The van der Waals surface area contributed by atoms with E-state index in [1.165, 1.54) is 12.1 Å². The van der Waals surface area contributed by atoms with Crippen molar-refractivity contribution in [3.8, 4) is 11.1 Å². The number of nitrogen functional groups attached to an aromatic ring is 1. The number of ether oxygens (including phenoxy) is 1. The molecule has 2 saturated heterocycles. The number of anilines is 1. The van der Waals surface area contributed by atoms with Gasteiger partial charge in [-0.2, -0.15) is 0 Å². The predicted molar refractivity (Wildman–Crippen MR) is 144 cm³/mol. The van der Waals surface area contributed by atoms with E-state index in [0.717, 1.165) is 62.5 Å². The number of hydrogen-bond donors (Lipinski definition) is 3. The van der Waals surface area contributed by atoms with Crippen molar-refractivity contribution < 1.29 is 14.6 Å². The Morgan fingerprint density at radius 2 is 1.84 bits per heavy atom. The summed E-state index contributed by atoms with van der Waals surface area (Å²) in [5.74, 6) is 1.50. The number of nitrogens with two attached hydrogens (primary N) is 1. The van der Waals surface area contributed by atoms with Crippen molar-refractivity contribution in [2.75, 3.05) is 32.0 Å². The van der Waals surface area contributed by atoms with Crippen molar-refractivity contribution in [2.45, 2.75) is 75.5 Å². The molecule has 1 amide bonds. The van der Waals surface area contributed by atoms with Crippen LogP contribution < -0.4 is 11.1 Å². The van der Waals surface area contributed by atoms with Gasteiger partial charge in [0.15, 0.2) is 0 Å². The summed E-state index contributed by atoms with van der Waals surface area (Å²) in [5, 5.41) is 13.3. The van der Waals surface area contributed by atoms with Crippen molar-refractivity contribution in [2.24, 2.45) is 11.8 Å². The average Bonchev–Trinajstić information content (AvgIpc) is 3.25. The molecule has 1 aromatic carbocycles. The van der Waals surface area contributed by atoms with Gasteiger partial charge in [0.2, 0.25) is 0 Å². The summed E-state index contributed by atoms with van der Waals surface area (Å²) in [4.78, 5) is 20.1. The van der Waals surface area contributed by atoms with E-state index in [4.69, 9.17) is 10.5 Å². The Balaban J connectivity index is 1.16. The molecule has 7 heteroatoms. The number of pyridine rings is 1. The summed E-state index contributed by atoms with van der Waals surface area (Å²) in [5.41, 5.74) is 9.53. The van der Waals surface area contributed by atoms with E-state index >= 15 is 0 Å². The fraction of sp³-hybridized carbons (Fsp3) is 0.600. The highest BCUT2D eigenvalue weighted by Gasteiger charge is 2.67. The zero-order valence-corrected chi connectivity index (χ0v) is 22.1. The Labute approximate surface area is 219 Å². The second-order valence-electron chi connectivity index (χ2n) is 12.2. The van der Waals surface area contributed by atoms with Crippen LogP contribution >= 0.6 is 0 Å². The van der Waals surface area contributed by atoms with E-state index in [1.807, 2.05) is 13.0 Å². The maximum absolute atomic E-state index is 13.0. The smallest absolute Gasteiger partial charge is 0.255 e. The van der Waals surface area contributed by atoms with Gasteiger partial charge in [-0.1, -0.05) is 31.2 Å². The molecule has 4 fully saturated rings. The minimum Gasteiger partial charge on any atom is -0.390 e. The molecule has 4 N–H and O–H groups in total. The first-order chi connectivity index (χ1) is 17.8. The Bertz CT molecular complexity index is 1150. The summed E-state index contributed by atoms with van der Waals surface area (Å²) in [6.45, 7) is 8.39. The zero-order valence-electron chi connectivity index (χ0n) is 22.1. The molecule has 0 radical (unpaired) electrons. The fourth-order valence-corrected chi connectivity index (χ4v) is 7.29. The normalized spacial score (nSPS) is 34.2. The van der Waals surface area contributed by atoms with Crippen LogP contribution in [-0.4, -0.2) is 64.9 Å². The molecular formula is C30H40N4O3. The number of nitrogens with one attached hydrogen (secondary N) is 1. The number of nitrogens with zero attached hydrogens (tertiary/aromatic N) is 2. The summed E-state index contributed by atoms with van der Waals surface area (Å²) >= 11 is 0.